The molecule has 0 aromatic heterocycles. The van der Waals surface area contributed by atoms with Crippen LogP contribution in [0, 0.1) is 0 Å². The van der Waals surface area contributed by atoms with E-state index in [9.17, 15) is 9.59 Å². The van der Waals surface area contributed by atoms with Crippen molar-refractivity contribution in [1.29, 1.82) is 0 Å². The van der Waals surface area contributed by atoms with Crippen molar-refractivity contribution >= 4 is 12.4 Å². The molecule has 0 fully saturated rings. The average molecular weight is 294 g/mol. The van der Waals surface area contributed by atoms with Gasteiger partial charge in [0, 0.05) is 6.08 Å². The molecular weight excluding hydrogens is 272 g/mol. The summed E-state index contributed by atoms with van der Waals surface area (Å²) in [6.07, 6.45) is 7.88. The molecule has 5 heteroatoms. The molecule has 0 atom stereocenters. The largest absolute Gasteiger partial charge is 0.494 e. The second kappa shape index (κ2) is 12.7. The normalized spacial score (nSPS) is 9.90. The standard InChI is InChI=1S/C16H22O5/c1-4-16(18)20-12-8-6-5-7-11-19-14(2)9-10-15(3)21-13-17/h4,9-10,13H,1-3,5-8,11-12H2/b10-9-. The summed E-state index contributed by atoms with van der Waals surface area (Å²) in [6, 6.07) is 0. The van der Waals surface area contributed by atoms with Gasteiger partial charge in [0.2, 0.25) is 0 Å². The van der Waals surface area contributed by atoms with Crippen LogP contribution in [-0.4, -0.2) is 25.7 Å². The first-order valence-corrected chi connectivity index (χ1v) is 6.68. The van der Waals surface area contributed by atoms with Crippen molar-refractivity contribution in [3.05, 3.63) is 49.5 Å². The summed E-state index contributed by atoms with van der Waals surface area (Å²) in [6.45, 7) is 11.8. The lowest BCUT2D eigenvalue weighted by atomic mass is 10.2. The number of esters is 1. The topological polar surface area (TPSA) is 61.8 Å². The van der Waals surface area contributed by atoms with Gasteiger partial charge >= 0.3 is 5.97 Å². The summed E-state index contributed by atoms with van der Waals surface area (Å²) in [5.74, 6) is 0.316. The molecule has 0 aliphatic heterocycles. The zero-order valence-electron chi connectivity index (χ0n) is 12.2. The number of carbonyl (C=O) groups excluding carboxylic acids is 2. The Morgan fingerprint density at radius 2 is 1.48 bits per heavy atom. The van der Waals surface area contributed by atoms with Crippen LogP contribution in [0.3, 0.4) is 0 Å². The van der Waals surface area contributed by atoms with Crippen molar-refractivity contribution < 1.29 is 23.8 Å². The zero-order chi connectivity index (χ0) is 15.9. The Bertz CT molecular complexity index is 395. The number of hydrogen-bond donors (Lipinski definition) is 0. The molecule has 5 nitrogen and oxygen atoms in total. The highest BCUT2D eigenvalue weighted by Gasteiger charge is 1.96. The molecule has 0 bridgehead atoms. The Labute approximate surface area is 125 Å². The van der Waals surface area contributed by atoms with Gasteiger partial charge in [-0.05, 0) is 37.8 Å². The number of allylic oxidation sites excluding steroid dienone is 2. The molecule has 21 heavy (non-hydrogen) atoms. The summed E-state index contributed by atoms with van der Waals surface area (Å²) in [7, 11) is 0. The number of rotatable bonds is 13. The van der Waals surface area contributed by atoms with Gasteiger partial charge in [-0.1, -0.05) is 19.7 Å². The van der Waals surface area contributed by atoms with Crippen molar-refractivity contribution in [1.82, 2.24) is 0 Å². The van der Waals surface area contributed by atoms with E-state index in [2.05, 4.69) is 24.5 Å². The van der Waals surface area contributed by atoms with E-state index in [1.165, 1.54) is 6.08 Å². The molecule has 0 aliphatic carbocycles. The van der Waals surface area contributed by atoms with Crippen LogP contribution in [-0.2, 0) is 23.8 Å². The van der Waals surface area contributed by atoms with E-state index in [4.69, 9.17) is 9.47 Å². The van der Waals surface area contributed by atoms with E-state index in [-0.39, 0.29) is 11.7 Å². The molecule has 0 aliphatic rings. The predicted octanol–water partition coefficient (Wildman–Crippen LogP) is 3.05. The van der Waals surface area contributed by atoms with Crippen molar-refractivity contribution in [3.63, 3.8) is 0 Å². The maximum Gasteiger partial charge on any atom is 0.330 e. The molecule has 0 rings (SSSR count). The lowest BCUT2D eigenvalue weighted by Gasteiger charge is -2.06. The SMILES string of the molecule is C=CC(=O)OCCCCCCOC(=C)/C=C\C(=C)OC=O. The Kier molecular flexibility index (Phi) is 11.3. The molecule has 0 heterocycles. The lowest BCUT2D eigenvalue weighted by Crippen LogP contribution is -2.01. The summed E-state index contributed by atoms with van der Waals surface area (Å²) >= 11 is 0. The molecule has 0 spiro atoms. The number of ether oxygens (including phenoxy) is 3. The van der Waals surface area contributed by atoms with E-state index >= 15 is 0 Å². The first-order valence-electron chi connectivity index (χ1n) is 6.68. The summed E-state index contributed by atoms with van der Waals surface area (Å²) < 4.78 is 14.7. The van der Waals surface area contributed by atoms with Crippen molar-refractivity contribution in [3.8, 4) is 0 Å². The van der Waals surface area contributed by atoms with Gasteiger partial charge in [-0.3, -0.25) is 4.79 Å². The maximum atomic E-state index is 10.8. The molecular formula is C16H22O5. The Balaban J connectivity index is 3.48. The summed E-state index contributed by atoms with van der Waals surface area (Å²) in [4.78, 5) is 20.8. The van der Waals surface area contributed by atoms with Crippen LogP contribution < -0.4 is 0 Å². The fraction of sp³-hybridized carbons (Fsp3) is 0.375. The number of carbonyl (C=O) groups is 2. The van der Waals surface area contributed by atoms with Gasteiger partial charge in [0.1, 0.15) is 11.5 Å². The monoisotopic (exact) mass is 294 g/mol. The highest BCUT2D eigenvalue weighted by Crippen LogP contribution is 2.05. The second-order valence-electron chi connectivity index (χ2n) is 4.11. The van der Waals surface area contributed by atoms with Gasteiger partial charge in [0.25, 0.3) is 6.47 Å². The van der Waals surface area contributed by atoms with Crippen molar-refractivity contribution in [2.75, 3.05) is 13.2 Å². The van der Waals surface area contributed by atoms with Gasteiger partial charge < -0.3 is 14.2 Å². The van der Waals surface area contributed by atoms with Gasteiger partial charge in [0.15, 0.2) is 0 Å². The average Bonchev–Trinajstić information content (AvgIpc) is 2.47. The van der Waals surface area contributed by atoms with E-state index in [0.717, 1.165) is 31.8 Å². The molecule has 0 unspecified atom stereocenters. The van der Waals surface area contributed by atoms with Crippen molar-refractivity contribution in [2.45, 2.75) is 25.7 Å². The van der Waals surface area contributed by atoms with Crippen LogP contribution in [0.5, 0.6) is 0 Å². The maximum absolute atomic E-state index is 10.8. The third kappa shape index (κ3) is 12.5. The second-order valence-corrected chi connectivity index (χ2v) is 4.11. The fourth-order valence-corrected chi connectivity index (χ4v) is 1.33. The van der Waals surface area contributed by atoms with Crippen LogP contribution in [0.4, 0.5) is 0 Å². The predicted molar refractivity (Wildman–Crippen MR) is 80.1 cm³/mol. The summed E-state index contributed by atoms with van der Waals surface area (Å²) in [5, 5.41) is 0. The Morgan fingerprint density at radius 1 is 0.905 bits per heavy atom. The van der Waals surface area contributed by atoms with Gasteiger partial charge in [0.05, 0.1) is 13.2 Å². The van der Waals surface area contributed by atoms with E-state index in [1.807, 2.05) is 0 Å². The quantitative estimate of drug-likeness (QED) is 0.130. The van der Waals surface area contributed by atoms with Crippen LogP contribution in [0.15, 0.2) is 49.5 Å². The van der Waals surface area contributed by atoms with E-state index in [0.29, 0.717) is 25.4 Å². The molecule has 0 N–H and O–H groups in total. The van der Waals surface area contributed by atoms with Crippen LogP contribution in [0.2, 0.25) is 0 Å². The molecule has 0 radical (unpaired) electrons. The Morgan fingerprint density at radius 3 is 2.05 bits per heavy atom. The highest BCUT2D eigenvalue weighted by atomic mass is 16.5. The lowest BCUT2D eigenvalue weighted by molar-refractivity contribution is -0.137. The third-order valence-corrected chi connectivity index (χ3v) is 2.39. The Hall–Kier alpha value is -2.30. The van der Waals surface area contributed by atoms with Gasteiger partial charge in [-0.2, -0.15) is 0 Å². The molecule has 116 valence electrons. The minimum Gasteiger partial charge on any atom is -0.494 e. The van der Waals surface area contributed by atoms with Crippen LogP contribution in [0.25, 0.3) is 0 Å². The minimum atomic E-state index is -0.387. The molecule has 0 aromatic rings. The number of unbranched alkanes of at least 4 members (excludes halogenated alkanes) is 3. The van der Waals surface area contributed by atoms with Crippen LogP contribution in [0.1, 0.15) is 25.7 Å². The zero-order valence-corrected chi connectivity index (χ0v) is 12.2. The molecule has 0 aromatic carbocycles. The van der Waals surface area contributed by atoms with Gasteiger partial charge in [-0.15, -0.1) is 0 Å². The van der Waals surface area contributed by atoms with Crippen molar-refractivity contribution in [2.24, 2.45) is 0 Å². The molecule has 0 amide bonds. The van der Waals surface area contributed by atoms with E-state index < -0.39 is 0 Å². The number of hydrogen-bond acceptors (Lipinski definition) is 5. The molecule has 0 saturated heterocycles. The fourth-order valence-electron chi connectivity index (χ4n) is 1.33. The van der Waals surface area contributed by atoms with E-state index in [1.54, 1.807) is 6.08 Å². The smallest absolute Gasteiger partial charge is 0.330 e. The van der Waals surface area contributed by atoms with Gasteiger partial charge in [-0.25, -0.2) is 4.79 Å². The molecule has 0 saturated carbocycles. The highest BCUT2D eigenvalue weighted by molar-refractivity contribution is 5.81. The van der Waals surface area contributed by atoms with Crippen LogP contribution >= 0.6 is 0 Å². The first-order chi connectivity index (χ1) is 10.1. The first kappa shape index (κ1) is 18.7. The third-order valence-electron chi connectivity index (χ3n) is 2.39. The summed E-state index contributed by atoms with van der Waals surface area (Å²) in [5.41, 5.74) is 0. The minimum absolute atomic E-state index is 0.226.